The van der Waals surface area contributed by atoms with E-state index < -0.39 is 27.9 Å². The predicted octanol–water partition coefficient (Wildman–Crippen LogP) is 3.31. The SMILES string of the molecule is CC[C@@H](C(=O)Nc1cc(C(=O)OC)ccc1Cl)N(c1ccccc1)S(C)(=O)=O. The molecule has 0 aliphatic carbocycles. The third kappa shape index (κ3) is 5.02. The van der Waals surface area contributed by atoms with E-state index in [2.05, 4.69) is 10.1 Å². The van der Waals surface area contributed by atoms with Crippen molar-refractivity contribution in [3.63, 3.8) is 0 Å². The lowest BCUT2D eigenvalue weighted by Gasteiger charge is -2.30. The van der Waals surface area contributed by atoms with Gasteiger partial charge in [-0.2, -0.15) is 0 Å². The monoisotopic (exact) mass is 424 g/mol. The first-order chi connectivity index (χ1) is 13.2. The van der Waals surface area contributed by atoms with Crippen LogP contribution < -0.4 is 9.62 Å². The van der Waals surface area contributed by atoms with Gasteiger partial charge in [0.1, 0.15) is 6.04 Å². The number of anilines is 2. The van der Waals surface area contributed by atoms with Gasteiger partial charge in [0.25, 0.3) is 0 Å². The molecule has 0 radical (unpaired) electrons. The first-order valence-corrected chi connectivity index (χ1v) is 10.6. The third-order valence-corrected chi connectivity index (χ3v) is 5.50. The standard InChI is InChI=1S/C19H21ClN2O5S/c1-4-17(22(28(3,25)26)14-8-6-5-7-9-14)18(23)21-16-12-13(19(24)27-2)10-11-15(16)20/h5-12,17H,4H2,1-3H3,(H,21,23)/t17-/m0/s1. The zero-order valence-corrected chi connectivity index (χ0v) is 17.3. The van der Waals surface area contributed by atoms with Crippen molar-refractivity contribution in [2.24, 2.45) is 0 Å². The van der Waals surface area contributed by atoms with Crippen LogP contribution in [-0.4, -0.2) is 39.7 Å². The van der Waals surface area contributed by atoms with Crippen LogP contribution in [0.4, 0.5) is 11.4 Å². The molecule has 7 nitrogen and oxygen atoms in total. The molecule has 0 heterocycles. The van der Waals surface area contributed by atoms with Crippen molar-refractivity contribution in [1.82, 2.24) is 0 Å². The Balaban J connectivity index is 2.39. The minimum atomic E-state index is -3.74. The summed E-state index contributed by atoms with van der Waals surface area (Å²) in [5, 5.41) is 2.83. The van der Waals surface area contributed by atoms with Crippen LogP contribution in [0.25, 0.3) is 0 Å². The van der Waals surface area contributed by atoms with Crippen molar-refractivity contribution in [2.45, 2.75) is 19.4 Å². The van der Waals surface area contributed by atoms with Gasteiger partial charge in [0.15, 0.2) is 0 Å². The van der Waals surface area contributed by atoms with Crippen molar-refractivity contribution in [1.29, 1.82) is 0 Å². The summed E-state index contributed by atoms with van der Waals surface area (Å²) in [6.07, 6.45) is 1.27. The Hall–Kier alpha value is -2.58. The maximum absolute atomic E-state index is 12.9. The molecule has 2 rings (SSSR count). The lowest BCUT2D eigenvalue weighted by atomic mass is 10.1. The Labute approximate surface area is 169 Å². The van der Waals surface area contributed by atoms with E-state index in [4.69, 9.17) is 11.6 Å². The minimum Gasteiger partial charge on any atom is -0.465 e. The fourth-order valence-electron chi connectivity index (χ4n) is 2.72. The summed E-state index contributed by atoms with van der Waals surface area (Å²) in [5.41, 5.74) is 0.772. The molecule has 0 spiro atoms. The zero-order valence-electron chi connectivity index (χ0n) is 15.7. The zero-order chi connectivity index (χ0) is 20.9. The molecular weight excluding hydrogens is 404 g/mol. The minimum absolute atomic E-state index is 0.189. The molecule has 0 aliphatic heterocycles. The maximum atomic E-state index is 12.9. The molecule has 0 bridgehead atoms. The number of rotatable bonds is 7. The topological polar surface area (TPSA) is 92.8 Å². The number of ether oxygens (including phenoxy) is 1. The second-order valence-corrected chi connectivity index (χ2v) is 8.26. The molecule has 0 saturated heterocycles. The molecule has 0 aliphatic rings. The van der Waals surface area contributed by atoms with Gasteiger partial charge in [-0.05, 0) is 36.8 Å². The number of nitrogens with one attached hydrogen (secondary N) is 1. The van der Waals surface area contributed by atoms with Gasteiger partial charge in [-0.1, -0.05) is 36.7 Å². The summed E-state index contributed by atoms with van der Waals surface area (Å²) in [7, 11) is -2.49. The lowest BCUT2D eigenvalue weighted by molar-refractivity contribution is -0.117. The molecule has 1 amide bonds. The van der Waals surface area contributed by atoms with Crippen LogP contribution in [0, 0.1) is 0 Å². The average molecular weight is 425 g/mol. The fourth-order valence-corrected chi connectivity index (χ4v) is 4.09. The number of hydrogen-bond acceptors (Lipinski definition) is 5. The lowest BCUT2D eigenvalue weighted by Crippen LogP contribution is -2.47. The molecule has 0 aromatic heterocycles. The maximum Gasteiger partial charge on any atom is 0.337 e. The summed E-state index contributed by atoms with van der Waals surface area (Å²) in [4.78, 5) is 24.6. The Kier molecular flexibility index (Phi) is 7.04. The number of benzene rings is 2. The highest BCUT2D eigenvalue weighted by molar-refractivity contribution is 7.92. The van der Waals surface area contributed by atoms with Gasteiger partial charge in [-0.3, -0.25) is 9.10 Å². The van der Waals surface area contributed by atoms with Crippen molar-refractivity contribution in [3.8, 4) is 0 Å². The number of esters is 1. The number of carbonyl (C=O) groups excluding carboxylic acids is 2. The van der Waals surface area contributed by atoms with E-state index in [1.807, 2.05) is 0 Å². The summed E-state index contributed by atoms with van der Waals surface area (Å²) in [5.74, 6) is -1.15. The smallest absolute Gasteiger partial charge is 0.337 e. The van der Waals surface area contributed by atoms with Gasteiger partial charge in [-0.15, -0.1) is 0 Å². The highest BCUT2D eigenvalue weighted by Gasteiger charge is 2.31. The molecule has 1 N–H and O–H groups in total. The van der Waals surface area contributed by atoms with E-state index in [9.17, 15) is 18.0 Å². The van der Waals surface area contributed by atoms with Gasteiger partial charge < -0.3 is 10.1 Å². The molecule has 2 aromatic rings. The van der Waals surface area contributed by atoms with Gasteiger partial charge >= 0.3 is 5.97 Å². The van der Waals surface area contributed by atoms with Crippen molar-refractivity contribution < 1.29 is 22.7 Å². The number of carbonyl (C=O) groups is 2. The van der Waals surface area contributed by atoms with Gasteiger partial charge in [0, 0.05) is 0 Å². The van der Waals surface area contributed by atoms with Crippen molar-refractivity contribution in [2.75, 3.05) is 23.0 Å². The first-order valence-electron chi connectivity index (χ1n) is 8.42. The van der Waals surface area contributed by atoms with E-state index in [0.29, 0.717) is 5.69 Å². The van der Waals surface area contributed by atoms with Crippen LogP contribution in [0.1, 0.15) is 23.7 Å². The fraction of sp³-hybridized carbons (Fsp3) is 0.263. The summed E-state index contributed by atoms with van der Waals surface area (Å²) < 4.78 is 30.5. The van der Waals surface area contributed by atoms with E-state index >= 15 is 0 Å². The first kappa shape index (κ1) is 21.7. The Morgan fingerprint density at radius 2 is 1.82 bits per heavy atom. The molecule has 1 atom stereocenters. The average Bonchev–Trinajstić information content (AvgIpc) is 2.66. The van der Waals surface area contributed by atoms with Crippen molar-refractivity contribution >= 4 is 44.9 Å². The van der Waals surface area contributed by atoms with Gasteiger partial charge in [0.2, 0.25) is 15.9 Å². The second-order valence-electron chi connectivity index (χ2n) is 5.99. The Morgan fingerprint density at radius 1 is 1.18 bits per heavy atom. The van der Waals surface area contributed by atoms with Crippen LogP contribution in [0.3, 0.4) is 0 Å². The number of halogens is 1. The number of amides is 1. The Morgan fingerprint density at radius 3 is 2.36 bits per heavy atom. The quantitative estimate of drug-likeness (QED) is 0.688. The van der Waals surface area contributed by atoms with E-state index in [-0.39, 0.29) is 22.7 Å². The normalized spacial score (nSPS) is 12.1. The third-order valence-electron chi connectivity index (χ3n) is 3.99. The van der Waals surface area contributed by atoms with E-state index in [1.54, 1.807) is 37.3 Å². The Bertz CT molecular complexity index is 964. The highest BCUT2D eigenvalue weighted by Crippen LogP contribution is 2.26. The van der Waals surface area contributed by atoms with Crippen LogP contribution in [-0.2, 0) is 19.6 Å². The number of para-hydroxylation sites is 1. The number of methoxy groups -OCH3 is 1. The van der Waals surface area contributed by atoms with Crippen LogP contribution in [0.15, 0.2) is 48.5 Å². The highest BCUT2D eigenvalue weighted by atomic mass is 35.5. The van der Waals surface area contributed by atoms with E-state index in [1.165, 1.54) is 25.3 Å². The molecule has 28 heavy (non-hydrogen) atoms. The molecular formula is C19H21ClN2O5S. The van der Waals surface area contributed by atoms with Crippen LogP contribution in [0.2, 0.25) is 5.02 Å². The molecule has 0 saturated carbocycles. The van der Waals surface area contributed by atoms with Crippen molar-refractivity contribution in [3.05, 3.63) is 59.1 Å². The number of hydrogen-bond donors (Lipinski definition) is 1. The molecule has 0 fully saturated rings. The van der Waals surface area contributed by atoms with Gasteiger partial charge in [0.05, 0.1) is 35.3 Å². The largest absolute Gasteiger partial charge is 0.465 e. The van der Waals surface area contributed by atoms with Gasteiger partial charge in [-0.25, -0.2) is 13.2 Å². The molecule has 9 heteroatoms. The number of nitrogens with zero attached hydrogens (tertiary/aromatic N) is 1. The number of sulfonamides is 1. The van der Waals surface area contributed by atoms with Crippen LogP contribution >= 0.6 is 11.6 Å². The molecule has 2 aromatic carbocycles. The summed E-state index contributed by atoms with van der Waals surface area (Å²) in [6, 6.07) is 11.7. The van der Waals surface area contributed by atoms with Crippen LogP contribution in [0.5, 0.6) is 0 Å². The summed E-state index contributed by atoms with van der Waals surface area (Å²) in [6.45, 7) is 1.71. The van der Waals surface area contributed by atoms with E-state index in [0.717, 1.165) is 10.6 Å². The summed E-state index contributed by atoms with van der Waals surface area (Å²) >= 11 is 6.12. The molecule has 0 unspecified atom stereocenters. The second kappa shape index (κ2) is 9.07. The predicted molar refractivity (Wildman–Crippen MR) is 109 cm³/mol. The molecule has 150 valence electrons.